The third-order valence-corrected chi connectivity index (χ3v) is 7.63. The van der Waals surface area contributed by atoms with Crippen molar-refractivity contribution in [3.63, 3.8) is 0 Å². The molecule has 2 heterocycles. The first-order valence-corrected chi connectivity index (χ1v) is 11.3. The van der Waals surface area contributed by atoms with Crippen molar-refractivity contribution in [1.82, 2.24) is 20.0 Å². The fraction of sp³-hybridized carbons (Fsp3) is 0.524. The minimum Gasteiger partial charge on any atom is -0.394 e. The number of primary amides is 1. The van der Waals surface area contributed by atoms with Crippen molar-refractivity contribution in [2.24, 2.45) is 17.6 Å². The lowest BCUT2D eigenvalue weighted by Crippen LogP contribution is -2.52. The van der Waals surface area contributed by atoms with E-state index in [-0.39, 0.29) is 42.6 Å². The van der Waals surface area contributed by atoms with Gasteiger partial charge >= 0.3 is 0 Å². The smallest absolute Gasteiger partial charge is 0.269 e. The molecule has 5 atom stereocenters. The molecule has 9 nitrogen and oxygen atoms in total. The standard InChI is InChI=1S/C21H23Cl2N5O4/c22-21(23)7-12(21)13(9-29)25-20(32)16-6-10-5-15(10)28(16)17(30)8-27-14-4-2-1-3-11(14)18(26-27)19(24)31/h1-4,10,12-13,15-16,29H,5-9H2,(H2,24,31)(H,25,32)/t10-,12?,13-,15-,16+/m1/s1. The number of rotatable bonds is 7. The maximum Gasteiger partial charge on any atom is 0.269 e. The Bertz CT molecular complexity index is 1120. The first kappa shape index (κ1) is 21.5. The Morgan fingerprint density at radius 1 is 1.28 bits per heavy atom. The molecule has 4 N–H and O–H groups in total. The van der Waals surface area contributed by atoms with Crippen LogP contribution in [0.4, 0.5) is 0 Å². The zero-order valence-electron chi connectivity index (χ0n) is 17.1. The van der Waals surface area contributed by atoms with Gasteiger partial charge in [-0.1, -0.05) is 18.2 Å². The molecule has 1 aliphatic heterocycles. The second kappa shape index (κ2) is 7.60. The van der Waals surface area contributed by atoms with Crippen LogP contribution in [-0.2, 0) is 16.1 Å². The van der Waals surface area contributed by atoms with E-state index in [4.69, 9.17) is 28.9 Å². The molecule has 2 saturated carbocycles. The summed E-state index contributed by atoms with van der Waals surface area (Å²) in [6.45, 7) is -0.389. The first-order valence-electron chi connectivity index (χ1n) is 10.6. The highest BCUT2D eigenvalue weighted by molar-refractivity contribution is 6.51. The van der Waals surface area contributed by atoms with E-state index in [1.807, 2.05) is 0 Å². The van der Waals surface area contributed by atoms with Crippen LogP contribution in [0.25, 0.3) is 10.9 Å². The zero-order valence-corrected chi connectivity index (χ0v) is 18.6. The Balaban J connectivity index is 1.34. The van der Waals surface area contributed by atoms with E-state index in [0.717, 1.165) is 6.42 Å². The van der Waals surface area contributed by atoms with Gasteiger partial charge in [-0.25, -0.2) is 0 Å². The summed E-state index contributed by atoms with van der Waals surface area (Å²) in [6.07, 6.45) is 1.93. The highest BCUT2D eigenvalue weighted by Crippen LogP contribution is 2.55. The minimum atomic E-state index is -0.937. The fourth-order valence-electron chi connectivity index (χ4n) is 4.91. The molecular weight excluding hydrogens is 457 g/mol. The molecule has 0 bridgehead atoms. The largest absolute Gasteiger partial charge is 0.394 e. The molecule has 11 heteroatoms. The van der Waals surface area contributed by atoms with Crippen molar-refractivity contribution in [1.29, 1.82) is 0 Å². The molecule has 0 spiro atoms. The molecule has 2 aliphatic carbocycles. The van der Waals surface area contributed by atoms with E-state index in [1.54, 1.807) is 29.2 Å². The highest BCUT2D eigenvalue weighted by atomic mass is 35.5. The lowest BCUT2D eigenvalue weighted by atomic mass is 10.1. The molecule has 32 heavy (non-hydrogen) atoms. The number of hydrogen-bond donors (Lipinski definition) is 3. The van der Waals surface area contributed by atoms with Crippen LogP contribution in [0.2, 0.25) is 0 Å². The van der Waals surface area contributed by atoms with Gasteiger partial charge in [0.25, 0.3) is 5.91 Å². The number of hydrogen-bond acceptors (Lipinski definition) is 5. The number of para-hydroxylation sites is 1. The molecule has 1 aromatic heterocycles. The zero-order chi connectivity index (χ0) is 22.8. The van der Waals surface area contributed by atoms with Crippen LogP contribution >= 0.6 is 23.2 Å². The lowest BCUT2D eigenvalue weighted by molar-refractivity contribution is -0.140. The van der Waals surface area contributed by atoms with Crippen molar-refractivity contribution < 1.29 is 19.5 Å². The number of aromatic nitrogens is 2. The number of aliphatic hydroxyl groups excluding tert-OH is 1. The Morgan fingerprint density at radius 2 is 2.00 bits per heavy atom. The van der Waals surface area contributed by atoms with Crippen molar-refractivity contribution in [2.75, 3.05) is 6.61 Å². The summed E-state index contributed by atoms with van der Waals surface area (Å²) < 4.78 is 0.520. The van der Waals surface area contributed by atoms with Crippen LogP contribution < -0.4 is 11.1 Å². The van der Waals surface area contributed by atoms with E-state index in [2.05, 4.69) is 10.4 Å². The van der Waals surface area contributed by atoms with E-state index < -0.39 is 22.3 Å². The molecule has 2 aromatic rings. The van der Waals surface area contributed by atoms with Crippen LogP contribution in [0.15, 0.2) is 24.3 Å². The molecule has 3 aliphatic rings. The molecule has 170 valence electrons. The second-order valence-electron chi connectivity index (χ2n) is 8.87. The molecule has 3 fully saturated rings. The van der Waals surface area contributed by atoms with Crippen molar-refractivity contribution in [2.45, 2.75) is 48.3 Å². The van der Waals surface area contributed by atoms with Gasteiger partial charge in [-0.15, -0.1) is 23.2 Å². The Kier molecular flexibility index (Phi) is 5.11. The summed E-state index contributed by atoms with van der Waals surface area (Å²) in [5.74, 6) is -1.17. The van der Waals surface area contributed by atoms with Gasteiger partial charge in [-0.2, -0.15) is 5.10 Å². The van der Waals surface area contributed by atoms with Gasteiger partial charge in [-0.05, 0) is 31.2 Å². The number of amides is 3. The number of nitrogens with zero attached hydrogens (tertiary/aromatic N) is 3. The molecular formula is C21H23Cl2N5O4. The van der Waals surface area contributed by atoms with Crippen molar-refractivity contribution in [3.8, 4) is 0 Å². The third-order valence-electron chi connectivity index (χ3n) is 6.76. The summed E-state index contributed by atoms with van der Waals surface area (Å²) in [6, 6.07) is 5.89. The van der Waals surface area contributed by atoms with E-state index in [9.17, 15) is 19.5 Å². The summed E-state index contributed by atoms with van der Waals surface area (Å²) in [7, 11) is 0. The van der Waals surface area contributed by atoms with Gasteiger partial charge in [0.1, 0.15) is 16.9 Å². The number of fused-ring (bicyclic) bond motifs is 2. The molecule has 0 radical (unpaired) electrons. The molecule has 5 rings (SSSR count). The summed E-state index contributed by atoms with van der Waals surface area (Å²) in [5, 5.41) is 17.3. The number of alkyl halides is 2. The van der Waals surface area contributed by atoms with Crippen molar-refractivity contribution in [3.05, 3.63) is 30.0 Å². The van der Waals surface area contributed by atoms with Gasteiger partial charge in [0.2, 0.25) is 11.8 Å². The number of benzene rings is 1. The SMILES string of the molecule is NC(=O)c1nn(CC(=O)N2[C@@H]3C[C@@H]3C[C@H]2C(=O)N[C@H](CO)C2CC2(Cl)Cl)c2ccccc12. The number of halogens is 2. The Morgan fingerprint density at radius 3 is 2.66 bits per heavy atom. The van der Waals surface area contributed by atoms with E-state index in [1.165, 1.54) is 4.68 Å². The van der Waals surface area contributed by atoms with Crippen LogP contribution in [-0.4, -0.2) is 66.6 Å². The summed E-state index contributed by atoms with van der Waals surface area (Å²) >= 11 is 12.2. The van der Waals surface area contributed by atoms with Gasteiger partial charge in [-0.3, -0.25) is 19.1 Å². The summed E-state index contributed by atoms with van der Waals surface area (Å²) in [4.78, 5) is 39.7. The molecule has 1 unspecified atom stereocenters. The average molecular weight is 480 g/mol. The predicted octanol–water partition coefficient (Wildman–Crippen LogP) is 0.796. The minimum absolute atomic E-state index is 0.0179. The topological polar surface area (TPSA) is 131 Å². The van der Waals surface area contributed by atoms with Gasteiger partial charge < -0.3 is 21.1 Å². The third kappa shape index (κ3) is 3.62. The Hall–Kier alpha value is -2.36. The number of aliphatic hydroxyl groups is 1. The number of piperidine rings is 1. The van der Waals surface area contributed by atoms with Crippen LogP contribution in [0.3, 0.4) is 0 Å². The summed E-state index contributed by atoms with van der Waals surface area (Å²) in [5.41, 5.74) is 6.17. The Labute approximate surface area is 193 Å². The van der Waals surface area contributed by atoms with Crippen molar-refractivity contribution >= 4 is 51.8 Å². The quantitative estimate of drug-likeness (QED) is 0.505. The monoisotopic (exact) mass is 479 g/mol. The lowest BCUT2D eigenvalue weighted by Gasteiger charge is -2.28. The van der Waals surface area contributed by atoms with Gasteiger partial charge in [0, 0.05) is 17.3 Å². The molecule has 3 amide bonds. The van der Waals surface area contributed by atoms with Gasteiger partial charge in [0.05, 0.1) is 18.2 Å². The number of likely N-dealkylation sites (tertiary alicyclic amines) is 1. The van der Waals surface area contributed by atoms with Crippen LogP contribution in [0.5, 0.6) is 0 Å². The number of carbonyl (C=O) groups is 3. The maximum atomic E-state index is 13.3. The number of nitrogens with one attached hydrogen (secondary N) is 1. The predicted molar refractivity (Wildman–Crippen MR) is 117 cm³/mol. The maximum absolute atomic E-state index is 13.3. The molecule has 1 saturated heterocycles. The molecule has 1 aromatic carbocycles. The van der Waals surface area contributed by atoms with Crippen LogP contribution in [0, 0.1) is 11.8 Å². The fourth-order valence-corrected chi connectivity index (χ4v) is 5.55. The normalized spacial score (nSPS) is 28.3. The number of nitrogens with two attached hydrogens (primary N) is 1. The number of carbonyl (C=O) groups excluding carboxylic acids is 3. The van der Waals surface area contributed by atoms with E-state index >= 15 is 0 Å². The van der Waals surface area contributed by atoms with Gasteiger partial charge in [0.15, 0.2) is 5.69 Å². The van der Waals surface area contributed by atoms with E-state index in [0.29, 0.717) is 29.7 Å². The average Bonchev–Trinajstić information content (AvgIpc) is 3.55. The highest BCUT2D eigenvalue weighted by Gasteiger charge is 2.58. The first-order chi connectivity index (χ1) is 15.2. The van der Waals surface area contributed by atoms with Crippen LogP contribution in [0.1, 0.15) is 29.8 Å². The second-order valence-corrected chi connectivity index (χ2v) is 10.4.